The van der Waals surface area contributed by atoms with Gasteiger partial charge in [0, 0.05) is 17.6 Å². The lowest BCUT2D eigenvalue weighted by molar-refractivity contribution is 0.149. The van der Waals surface area contributed by atoms with Crippen molar-refractivity contribution < 1.29 is 5.11 Å². The fourth-order valence-electron chi connectivity index (χ4n) is 1.21. The lowest BCUT2D eigenvalue weighted by atomic mass is 9.88. The molecule has 1 aromatic rings. The first-order chi connectivity index (χ1) is 7.50. The summed E-state index contributed by atoms with van der Waals surface area (Å²) in [6.45, 7) is 4.97. The quantitative estimate of drug-likeness (QED) is 0.845. The van der Waals surface area contributed by atoms with Crippen LogP contribution in [0.15, 0.2) is 18.2 Å². The normalized spacial score (nSPS) is 14.6. The van der Waals surface area contributed by atoms with Gasteiger partial charge in [-0.3, -0.25) is 0 Å². The van der Waals surface area contributed by atoms with Crippen LogP contribution in [0.4, 0.5) is 5.69 Å². The molecule has 0 saturated carbocycles. The first-order valence-electron chi connectivity index (χ1n) is 5.30. The monoisotopic (exact) mass is 261 g/mol. The molecule has 1 rings (SSSR count). The molecule has 1 unspecified atom stereocenters. The lowest BCUT2D eigenvalue weighted by Gasteiger charge is -2.26. The minimum Gasteiger partial charge on any atom is -0.396 e. The summed E-state index contributed by atoms with van der Waals surface area (Å²) in [4.78, 5) is 0. The molecule has 0 bridgehead atoms. The number of hydrogen-bond acceptors (Lipinski definition) is 2. The van der Waals surface area contributed by atoms with Gasteiger partial charge in [0.1, 0.15) is 0 Å². The van der Waals surface area contributed by atoms with Gasteiger partial charge in [0.2, 0.25) is 0 Å². The summed E-state index contributed by atoms with van der Waals surface area (Å²) in [6.07, 6.45) is 0.915. The minimum absolute atomic E-state index is 0.105. The lowest BCUT2D eigenvalue weighted by Crippen LogP contribution is -2.29. The van der Waals surface area contributed by atoms with E-state index in [0.717, 1.165) is 12.1 Å². The Morgan fingerprint density at radius 1 is 1.31 bits per heavy atom. The zero-order valence-electron chi connectivity index (χ0n) is 9.56. The Balaban J connectivity index is 2.64. The van der Waals surface area contributed by atoms with Gasteiger partial charge >= 0.3 is 0 Å². The molecule has 2 nitrogen and oxygen atoms in total. The Hall–Kier alpha value is -0.440. The Morgan fingerprint density at radius 3 is 2.50 bits per heavy atom. The Bertz CT molecular complexity index is 351. The molecule has 0 aromatic heterocycles. The van der Waals surface area contributed by atoms with E-state index in [2.05, 4.69) is 12.2 Å². The van der Waals surface area contributed by atoms with Gasteiger partial charge in [-0.2, -0.15) is 0 Å². The zero-order valence-corrected chi connectivity index (χ0v) is 11.1. The number of aliphatic hydroxyl groups is 1. The van der Waals surface area contributed by atoms with Crippen molar-refractivity contribution in [3.05, 3.63) is 28.2 Å². The average Bonchev–Trinajstić information content (AvgIpc) is 2.30. The van der Waals surface area contributed by atoms with Crippen LogP contribution in [0.5, 0.6) is 0 Å². The maximum absolute atomic E-state index is 9.27. The summed E-state index contributed by atoms with van der Waals surface area (Å²) in [7, 11) is 0. The fourth-order valence-corrected chi connectivity index (χ4v) is 1.51. The molecule has 0 radical (unpaired) electrons. The summed E-state index contributed by atoms with van der Waals surface area (Å²) in [5, 5.41) is 13.6. The molecule has 0 heterocycles. The van der Waals surface area contributed by atoms with E-state index in [-0.39, 0.29) is 12.0 Å². The van der Waals surface area contributed by atoms with Gasteiger partial charge in [0.25, 0.3) is 0 Å². The van der Waals surface area contributed by atoms with E-state index in [4.69, 9.17) is 23.2 Å². The van der Waals surface area contributed by atoms with E-state index in [9.17, 15) is 5.11 Å². The molecule has 0 saturated heterocycles. The van der Waals surface area contributed by atoms with Crippen molar-refractivity contribution in [2.45, 2.75) is 20.3 Å². The van der Waals surface area contributed by atoms with Gasteiger partial charge in [0.15, 0.2) is 0 Å². The van der Waals surface area contributed by atoms with E-state index >= 15 is 0 Å². The molecule has 4 heteroatoms. The Kier molecular flexibility index (Phi) is 4.90. The zero-order chi connectivity index (χ0) is 12.2. The Labute approximate surface area is 107 Å². The minimum atomic E-state index is -0.105. The van der Waals surface area contributed by atoms with E-state index in [0.29, 0.717) is 16.6 Å². The van der Waals surface area contributed by atoms with E-state index < -0.39 is 0 Å². The molecule has 1 atom stereocenters. The number of benzene rings is 1. The molecule has 0 spiro atoms. The van der Waals surface area contributed by atoms with Crippen molar-refractivity contribution in [1.29, 1.82) is 0 Å². The number of anilines is 1. The molecule has 1 aromatic carbocycles. The van der Waals surface area contributed by atoms with Crippen LogP contribution in [0.1, 0.15) is 20.3 Å². The second-order valence-corrected chi connectivity index (χ2v) is 5.12. The number of nitrogens with one attached hydrogen (secondary N) is 1. The average molecular weight is 262 g/mol. The Morgan fingerprint density at radius 2 is 2.00 bits per heavy atom. The highest BCUT2D eigenvalue weighted by Crippen LogP contribution is 2.26. The largest absolute Gasteiger partial charge is 0.396 e. The summed E-state index contributed by atoms with van der Waals surface area (Å²) in [6, 6.07) is 5.42. The van der Waals surface area contributed by atoms with E-state index in [1.165, 1.54) is 0 Å². The van der Waals surface area contributed by atoms with E-state index in [1.54, 1.807) is 12.1 Å². The molecule has 0 amide bonds. The van der Waals surface area contributed by atoms with Crippen LogP contribution in [0, 0.1) is 5.41 Å². The predicted octanol–water partition coefficient (Wildman–Crippen LogP) is 3.81. The van der Waals surface area contributed by atoms with Crippen LogP contribution in [0.2, 0.25) is 10.0 Å². The van der Waals surface area contributed by atoms with Crippen LogP contribution in [-0.4, -0.2) is 18.3 Å². The van der Waals surface area contributed by atoms with Gasteiger partial charge in [-0.05, 0) is 24.6 Å². The fraction of sp³-hybridized carbons (Fsp3) is 0.500. The molecule has 90 valence electrons. The third kappa shape index (κ3) is 3.55. The maximum Gasteiger partial charge on any atom is 0.0612 e. The summed E-state index contributed by atoms with van der Waals surface area (Å²) in [5.41, 5.74) is 0.814. The molecule has 2 N–H and O–H groups in total. The van der Waals surface area contributed by atoms with Gasteiger partial charge in [-0.15, -0.1) is 0 Å². The van der Waals surface area contributed by atoms with Crippen LogP contribution in [-0.2, 0) is 0 Å². The van der Waals surface area contributed by atoms with E-state index in [1.807, 2.05) is 13.0 Å². The highest BCUT2D eigenvalue weighted by Gasteiger charge is 2.20. The topological polar surface area (TPSA) is 32.3 Å². The third-order valence-corrected chi connectivity index (χ3v) is 3.61. The molecule has 16 heavy (non-hydrogen) atoms. The van der Waals surface area contributed by atoms with Crippen molar-refractivity contribution >= 4 is 28.9 Å². The number of rotatable bonds is 5. The van der Waals surface area contributed by atoms with Crippen molar-refractivity contribution in [3.63, 3.8) is 0 Å². The van der Waals surface area contributed by atoms with Gasteiger partial charge < -0.3 is 10.4 Å². The molecular formula is C12H17Cl2NO. The second-order valence-electron chi connectivity index (χ2n) is 4.30. The first-order valence-corrected chi connectivity index (χ1v) is 6.06. The first kappa shape index (κ1) is 13.6. The maximum atomic E-state index is 9.27. The van der Waals surface area contributed by atoms with Crippen molar-refractivity contribution in [2.75, 3.05) is 18.5 Å². The van der Waals surface area contributed by atoms with Crippen molar-refractivity contribution in [1.82, 2.24) is 0 Å². The van der Waals surface area contributed by atoms with Crippen molar-refractivity contribution in [2.24, 2.45) is 5.41 Å². The van der Waals surface area contributed by atoms with Crippen LogP contribution in [0.3, 0.4) is 0 Å². The standard InChI is InChI=1S/C12H17Cl2NO/c1-3-12(2,8-16)7-15-9-4-5-10(13)11(14)6-9/h4-6,15-16H,3,7-8H2,1-2H3. The predicted molar refractivity (Wildman–Crippen MR) is 70.4 cm³/mol. The molecule has 0 aliphatic rings. The number of halogens is 2. The summed E-state index contributed by atoms with van der Waals surface area (Å²) < 4.78 is 0. The second kappa shape index (κ2) is 5.76. The van der Waals surface area contributed by atoms with Gasteiger partial charge in [-0.25, -0.2) is 0 Å². The third-order valence-electron chi connectivity index (χ3n) is 2.87. The molecule has 0 fully saturated rings. The summed E-state index contributed by atoms with van der Waals surface area (Å²) in [5.74, 6) is 0. The van der Waals surface area contributed by atoms with Crippen LogP contribution >= 0.6 is 23.2 Å². The van der Waals surface area contributed by atoms with Crippen molar-refractivity contribution in [3.8, 4) is 0 Å². The van der Waals surface area contributed by atoms with Crippen LogP contribution < -0.4 is 5.32 Å². The number of hydrogen-bond donors (Lipinski definition) is 2. The number of aliphatic hydroxyl groups excluding tert-OH is 1. The molecule has 0 aliphatic carbocycles. The molecule has 0 aliphatic heterocycles. The van der Waals surface area contributed by atoms with Gasteiger partial charge in [-0.1, -0.05) is 37.0 Å². The van der Waals surface area contributed by atoms with Gasteiger partial charge in [0.05, 0.1) is 16.7 Å². The highest BCUT2D eigenvalue weighted by molar-refractivity contribution is 6.42. The SMILES string of the molecule is CCC(C)(CO)CNc1ccc(Cl)c(Cl)c1. The summed E-state index contributed by atoms with van der Waals surface area (Å²) >= 11 is 11.7. The molecular weight excluding hydrogens is 245 g/mol. The van der Waals surface area contributed by atoms with Crippen LogP contribution in [0.25, 0.3) is 0 Å². The smallest absolute Gasteiger partial charge is 0.0612 e. The highest BCUT2D eigenvalue weighted by atomic mass is 35.5.